The number of esters is 1. The molecule has 0 aliphatic heterocycles. The summed E-state index contributed by atoms with van der Waals surface area (Å²) in [6, 6.07) is 22.4. The van der Waals surface area contributed by atoms with E-state index in [9.17, 15) is 4.79 Å². The molecule has 33 heavy (non-hydrogen) atoms. The van der Waals surface area contributed by atoms with Crippen LogP contribution in [0, 0.1) is 0 Å². The van der Waals surface area contributed by atoms with E-state index in [1.165, 1.54) is 0 Å². The summed E-state index contributed by atoms with van der Waals surface area (Å²) < 4.78 is 17.1. The second kappa shape index (κ2) is 12.3. The predicted molar refractivity (Wildman–Crippen MR) is 134 cm³/mol. The van der Waals surface area contributed by atoms with Crippen LogP contribution in [0.15, 0.2) is 72.8 Å². The SMILES string of the molecule is CCCCOc1ccc(-c2ccc(OC(=O)c3ccc(O[C@@H](C)C[C@H](C)Cl)cc3)cc2)cc1. The molecule has 0 bridgehead atoms. The summed E-state index contributed by atoms with van der Waals surface area (Å²) in [7, 11) is 0. The first-order valence-corrected chi connectivity index (χ1v) is 11.8. The van der Waals surface area contributed by atoms with Gasteiger partial charge in [0.1, 0.15) is 17.2 Å². The molecule has 174 valence electrons. The molecule has 0 spiro atoms. The molecule has 0 aliphatic rings. The Kier molecular flexibility index (Phi) is 9.20. The Labute approximate surface area is 201 Å². The number of hydrogen-bond donors (Lipinski definition) is 0. The van der Waals surface area contributed by atoms with Gasteiger partial charge in [0, 0.05) is 11.8 Å². The summed E-state index contributed by atoms with van der Waals surface area (Å²) in [4.78, 5) is 12.5. The van der Waals surface area contributed by atoms with Gasteiger partial charge in [-0.2, -0.15) is 0 Å². The lowest BCUT2D eigenvalue weighted by Gasteiger charge is -2.15. The van der Waals surface area contributed by atoms with Crippen molar-refractivity contribution >= 4 is 17.6 Å². The van der Waals surface area contributed by atoms with E-state index in [0.29, 0.717) is 17.1 Å². The Balaban J connectivity index is 1.55. The third-order valence-electron chi connectivity index (χ3n) is 5.10. The maximum Gasteiger partial charge on any atom is 0.343 e. The average molecular weight is 467 g/mol. The van der Waals surface area contributed by atoms with Crippen LogP contribution in [0.3, 0.4) is 0 Å². The van der Waals surface area contributed by atoms with Crippen molar-refractivity contribution in [2.75, 3.05) is 6.61 Å². The number of halogens is 1. The summed E-state index contributed by atoms with van der Waals surface area (Å²) in [5.41, 5.74) is 2.57. The fourth-order valence-corrected chi connectivity index (χ4v) is 3.62. The standard InChI is InChI=1S/C28H31ClO4/c1-4-5-18-31-25-12-6-22(7-13-25)23-8-14-27(15-9-23)33-28(30)24-10-16-26(17-11-24)32-21(3)19-20(2)29/h6-17,20-21H,4-5,18-19H2,1-3H3/t20-,21-/m0/s1. The summed E-state index contributed by atoms with van der Waals surface area (Å²) in [5, 5.41) is 0.0459. The maximum atomic E-state index is 12.5. The second-order valence-electron chi connectivity index (χ2n) is 8.11. The Morgan fingerprint density at radius 3 is 1.91 bits per heavy atom. The lowest BCUT2D eigenvalue weighted by molar-refractivity contribution is 0.0734. The predicted octanol–water partition coefficient (Wildman–Crippen LogP) is 7.54. The molecule has 0 radical (unpaired) electrons. The van der Waals surface area contributed by atoms with Gasteiger partial charge in [-0.1, -0.05) is 37.6 Å². The maximum absolute atomic E-state index is 12.5. The molecular weight excluding hydrogens is 436 g/mol. The molecular formula is C28H31ClO4. The molecule has 4 nitrogen and oxygen atoms in total. The van der Waals surface area contributed by atoms with Crippen LogP contribution in [0.25, 0.3) is 11.1 Å². The molecule has 0 aromatic heterocycles. The van der Waals surface area contributed by atoms with Gasteiger partial charge in [-0.15, -0.1) is 11.6 Å². The number of unbranched alkanes of at least 4 members (excludes halogenated alkanes) is 1. The number of alkyl halides is 1. The van der Waals surface area contributed by atoms with Gasteiger partial charge in [-0.3, -0.25) is 0 Å². The fourth-order valence-electron chi connectivity index (χ4n) is 3.37. The Bertz CT molecular complexity index is 996. The van der Waals surface area contributed by atoms with Gasteiger partial charge >= 0.3 is 5.97 Å². The first-order chi connectivity index (χ1) is 15.9. The number of carbonyl (C=O) groups is 1. The van der Waals surface area contributed by atoms with Gasteiger partial charge in [0.05, 0.1) is 18.3 Å². The largest absolute Gasteiger partial charge is 0.494 e. The molecule has 5 heteroatoms. The average Bonchev–Trinajstić information content (AvgIpc) is 2.80. The normalized spacial score (nSPS) is 12.6. The molecule has 0 fully saturated rings. The molecule has 0 N–H and O–H groups in total. The number of ether oxygens (including phenoxy) is 3. The first-order valence-electron chi connectivity index (χ1n) is 11.4. The minimum atomic E-state index is -0.412. The van der Waals surface area contributed by atoms with E-state index in [-0.39, 0.29) is 11.5 Å². The fraction of sp³-hybridized carbons (Fsp3) is 0.321. The number of benzene rings is 3. The summed E-state index contributed by atoms with van der Waals surface area (Å²) in [6.07, 6.45) is 2.91. The third kappa shape index (κ3) is 7.83. The lowest BCUT2D eigenvalue weighted by atomic mass is 10.1. The van der Waals surface area contributed by atoms with Crippen LogP contribution in [0.1, 0.15) is 50.4 Å². The van der Waals surface area contributed by atoms with Gasteiger partial charge in [0.25, 0.3) is 0 Å². The lowest BCUT2D eigenvalue weighted by Crippen LogP contribution is -2.15. The van der Waals surface area contributed by atoms with Crippen molar-refractivity contribution in [3.63, 3.8) is 0 Å². The van der Waals surface area contributed by atoms with Crippen molar-refractivity contribution in [1.82, 2.24) is 0 Å². The van der Waals surface area contributed by atoms with E-state index in [1.807, 2.05) is 50.2 Å². The Morgan fingerprint density at radius 2 is 1.36 bits per heavy atom. The molecule has 0 amide bonds. The quantitative estimate of drug-likeness (QED) is 0.127. The first kappa shape index (κ1) is 24.7. The van der Waals surface area contributed by atoms with Gasteiger partial charge in [-0.05, 0) is 79.9 Å². The van der Waals surface area contributed by atoms with Gasteiger partial charge in [0.2, 0.25) is 0 Å². The molecule has 3 rings (SSSR count). The summed E-state index contributed by atoms with van der Waals surface area (Å²) in [5.74, 6) is 1.65. The van der Waals surface area contributed by atoms with Crippen LogP contribution >= 0.6 is 11.6 Å². The highest BCUT2D eigenvalue weighted by Gasteiger charge is 2.11. The molecule has 0 unspecified atom stereocenters. The van der Waals surface area contributed by atoms with E-state index in [1.54, 1.807) is 36.4 Å². The van der Waals surface area contributed by atoms with Crippen molar-refractivity contribution < 1.29 is 19.0 Å². The topological polar surface area (TPSA) is 44.8 Å². The van der Waals surface area contributed by atoms with Crippen LogP contribution in [0.4, 0.5) is 0 Å². The van der Waals surface area contributed by atoms with Crippen LogP contribution in [0.5, 0.6) is 17.2 Å². The van der Waals surface area contributed by atoms with E-state index in [4.69, 9.17) is 25.8 Å². The van der Waals surface area contributed by atoms with E-state index in [0.717, 1.165) is 42.7 Å². The highest BCUT2D eigenvalue weighted by molar-refractivity contribution is 6.20. The van der Waals surface area contributed by atoms with Crippen molar-refractivity contribution in [3.8, 4) is 28.4 Å². The number of hydrogen-bond acceptors (Lipinski definition) is 4. The zero-order chi connectivity index (χ0) is 23.6. The summed E-state index contributed by atoms with van der Waals surface area (Å²) in [6.45, 7) is 6.79. The minimum Gasteiger partial charge on any atom is -0.494 e. The molecule has 3 aromatic rings. The zero-order valence-electron chi connectivity index (χ0n) is 19.4. The monoisotopic (exact) mass is 466 g/mol. The zero-order valence-corrected chi connectivity index (χ0v) is 20.2. The van der Waals surface area contributed by atoms with Crippen LogP contribution < -0.4 is 14.2 Å². The van der Waals surface area contributed by atoms with Crippen LogP contribution in [0.2, 0.25) is 0 Å². The Hall–Kier alpha value is -2.98. The van der Waals surface area contributed by atoms with Crippen LogP contribution in [-0.2, 0) is 0 Å². The van der Waals surface area contributed by atoms with E-state index >= 15 is 0 Å². The third-order valence-corrected chi connectivity index (χ3v) is 5.28. The molecule has 0 aliphatic carbocycles. The van der Waals surface area contributed by atoms with Gasteiger partial charge < -0.3 is 14.2 Å². The van der Waals surface area contributed by atoms with Crippen molar-refractivity contribution in [1.29, 1.82) is 0 Å². The molecule has 0 saturated heterocycles. The molecule has 3 aromatic carbocycles. The van der Waals surface area contributed by atoms with Crippen molar-refractivity contribution in [3.05, 3.63) is 78.4 Å². The van der Waals surface area contributed by atoms with E-state index in [2.05, 4.69) is 6.92 Å². The second-order valence-corrected chi connectivity index (χ2v) is 8.85. The smallest absolute Gasteiger partial charge is 0.343 e. The molecule has 0 saturated carbocycles. The minimum absolute atomic E-state index is 0.00129. The van der Waals surface area contributed by atoms with E-state index < -0.39 is 5.97 Å². The van der Waals surface area contributed by atoms with Gasteiger partial charge in [-0.25, -0.2) is 4.79 Å². The highest BCUT2D eigenvalue weighted by Crippen LogP contribution is 2.25. The number of carbonyl (C=O) groups excluding carboxylic acids is 1. The van der Waals surface area contributed by atoms with Gasteiger partial charge in [0.15, 0.2) is 0 Å². The van der Waals surface area contributed by atoms with Crippen molar-refractivity contribution in [2.45, 2.75) is 51.5 Å². The molecule has 0 heterocycles. The Morgan fingerprint density at radius 1 is 0.818 bits per heavy atom. The number of rotatable bonds is 11. The summed E-state index contributed by atoms with van der Waals surface area (Å²) >= 11 is 6.01. The highest BCUT2D eigenvalue weighted by atomic mass is 35.5. The van der Waals surface area contributed by atoms with Crippen molar-refractivity contribution in [2.24, 2.45) is 0 Å². The molecule has 2 atom stereocenters. The van der Waals surface area contributed by atoms with Crippen LogP contribution in [-0.4, -0.2) is 24.1 Å².